The van der Waals surface area contributed by atoms with E-state index in [2.05, 4.69) is 31.0 Å². The summed E-state index contributed by atoms with van der Waals surface area (Å²) in [5.41, 5.74) is 1.30. The molecular weight excluding hydrogens is 503 g/mol. The van der Waals surface area contributed by atoms with Crippen molar-refractivity contribution < 1.29 is 13.2 Å². The first-order valence-electron chi connectivity index (χ1n) is 5.68. The van der Waals surface area contributed by atoms with Crippen LogP contribution in [0.3, 0.4) is 0 Å². The van der Waals surface area contributed by atoms with Crippen molar-refractivity contribution in [3.05, 3.63) is 35.9 Å². The second-order valence-corrected chi connectivity index (χ2v) is 5.54. The van der Waals surface area contributed by atoms with Crippen LogP contribution in [-0.4, -0.2) is 40.4 Å². The third kappa shape index (κ3) is 6.75. The van der Waals surface area contributed by atoms with E-state index < -0.39 is 11.3 Å². The van der Waals surface area contributed by atoms with Crippen molar-refractivity contribution in [2.45, 2.75) is 13.0 Å². The Kier molecular flexibility index (Phi) is 6.82. The van der Waals surface area contributed by atoms with Crippen molar-refractivity contribution in [3.8, 4) is 0 Å². The van der Waals surface area contributed by atoms with Gasteiger partial charge in [0.2, 0.25) is 0 Å². The Morgan fingerprint density at radius 1 is 1.28 bits per heavy atom. The maximum Gasteiger partial charge on any atom is 0.104 e. The number of nitrogens with zero attached hydrogens (tertiary/aromatic N) is 1. The molecule has 1 rings (SSSR count). The molecule has 0 aliphatic heterocycles. The van der Waals surface area contributed by atoms with E-state index in [-0.39, 0.29) is 0 Å². The smallest absolute Gasteiger partial charge is 0.104 e. The van der Waals surface area contributed by atoms with Gasteiger partial charge in [0.25, 0.3) is 0 Å². The van der Waals surface area contributed by atoms with Crippen LogP contribution >= 0.6 is 0 Å². The van der Waals surface area contributed by atoms with Gasteiger partial charge in [0.05, 0.1) is 20.6 Å². The van der Waals surface area contributed by atoms with Crippen molar-refractivity contribution in [1.82, 2.24) is 4.72 Å². The molecule has 0 saturated heterocycles. The molecule has 0 radical (unpaired) electrons. The molecule has 18 heavy (non-hydrogen) atoms. The summed E-state index contributed by atoms with van der Waals surface area (Å²) in [5, 5.41) is 0. The van der Waals surface area contributed by atoms with Crippen LogP contribution in [0, 0.1) is 0 Å². The summed E-state index contributed by atoms with van der Waals surface area (Å²) < 4.78 is 23.8. The number of hydrogen-bond acceptors (Lipinski definition) is 2. The Labute approximate surface area is 106 Å². The van der Waals surface area contributed by atoms with Gasteiger partial charge in [0, 0.05) is 29.8 Å². The van der Waals surface area contributed by atoms with E-state index in [1.165, 1.54) is 5.56 Å². The first-order valence-corrected chi connectivity index (χ1v) is 6.76. The first kappa shape index (κ1) is 16.2. The number of quaternary nitrogens is 1. The molecule has 0 saturated carbocycles. The van der Waals surface area contributed by atoms with Crippen LogP contribution in [0.2, 0.25) is 0 Å². The van der Waals surface area contributed by atoms with Gasteiger partial charge >= 0.3 is 0 Å². The van der Waals surface area contributed by atoms with Gasteiger partial charge in [-0.3, -0.25) is 4.21 Å². The molecule has 0 aromatic heterocycles. The summed E-state index contributed by atoms with van der Waals surface area (Å²) in [5.74, 6) is 0. The third-order valence-corrected chi connectivity index (χ3v) is 3.05. The normalized spacial score (nSPS) is 12.8. The summed E-state index contributed by atoms with van der Waals surface area (Å²) in [7, 11) is 4.31. The predicted octanol–water partition coefficient (Wildman–Crippen LogP) is 1.04. The second-order valence-electron chi connectivity index (χ2n) is 4.79. The average molecular weight is 523 g/mol. The molecule has 0 spiro atoms. The summed E-state index contributed by atoms with van der Waals surface area (Å²) in [6, 6.07) is 10.3. The molecule has 0 amide bonds. The van der Waals surface area contributed by atoms with E-state index in [1.807, 2.05) is 18.2 Å². The van der Waals surface area contributed by atoms with E-state index in [1.54, 1.807) is 0 Å². The van der Waals surface area contributed by atoms with Crippen molar-refractivity contribution in [2.75, 3.05) is 27.2 Å². The fraction of sp³-hybridized carbons (Fsp3) is 0.500. The van der Waals surface area contributed by atoms with E-state index in [4.69, 9.17) is 0 Å². The maximum absolute atomic E-state index is 10.3. The Balaban J connectivity index is 0.00000289. The van der Waals surface area contributed by atoms with E-state index in [9.17, 15) is 8.76 Å². The molecule has 98 valence electrons. The van der Waals surface area contributed by atoms with Crippen LogP contribution in [0.1, 0.15) is 12.0 Å². The topological polar surface area (TPSA) is 52.2 Å². The average Bonchev–Trinajstić information content (AvgIpc) is 2.25. The number of benzene rings is 1. The summed E-state index contributed by atoms with van der Waals surface area (Å²) >= 11 is -2.14. The van der Waals surface area contributed by atoms with Crippen molar-refractivity contribution in [1.29, 1.82) is 0 Å². The summed E-state index contributed by atoms with van der Waals surface area (Å²) in [6.07, 6.45) is 0.841. The molecule has 0 fully saturated rings. The molecule has 6 heteroatoms. The molecule has 0 aliphatic rings. The quantitative estimate of drug-likeness (QED) is 0.330. The van der Waals surface area contributed by atoms with Crippen molar-refractivity contribution in [2.24, 2.45) is 0 Å². The van der Waals surface area contributed by atoms with Gasteiger partial charge in [-0.15, -0.1) is 0 Å². The van der Waals surface area contributed by atoms with Crippen LogP contribution in [0.15, 0.2) is 30.3 Å². The zero-order chi connectivity index (χ0) is 12.7. The van der Waals surface area contributed by atoms with Crippen molar-refractivity contribution >= 4 is 11.3 Å². The minimum absolute atomic E-state index is 0. The van der Waals surface area contributed by atoms with Gasteiger partial charge in [0.1, 0.15) is 6.54 Å². The summed E-state index contributed by atoms with van der Waals surface area (Å²) in [4.78, 5) is 0. The van der Waals surface area contributed by atoms with Crippen LogP contribution in [0.25, 0.3) is 0 Å². The van der Waals surface area contributed by atoms with Gasteiger partial charge in [-0.25, -0.2) is 4.72 Å². The van der Waals surface area contributed by atoms with E-state index in [0.717, 1.165) is 24.0 Å². The minimum atomic E-state index is -2.14. The van der Waals surface area contributed by atoms with E-state index in [0.29, 0.717) is 6.54 Å². The molecule has 0 heterocycles. The third-order valence-electron chi connectivity index (χ3n) is 2.61. The molecule has 1 N–H and O–H groups in total. The molecule has 4 nitrogen and oxygen atoms in total. The predicted molar refractivity (Wildman–Crippen MR) is 68.7 cm³/mol. The standard InChI is InChI=1S/C12H20N2O2S.Rf/c1-14(2,10-6-9-13-17(15)16)11-12-7-4-3-5-8-12;/h3-5,7-8,13H,6,9-11H2,1-2H3;. The fourth-order valence-electron chi connectivity index (χ4n) is 1.82. The van der Waals surface area contributed by atoms with Crippen LogP contribution in [-0.2, 0) is 17.8 Å². The molecule has 0 bridgehead atoms. The monoisotopic (exact) mass is 523 g/mol. The van der Waals surface area contributed by atoms with Crippen LogP contribution in [0.5, 0.6) is 0 Å². The SMILES string of the molecule is C[N+](C)(CCCNS(=O)[O-])Cc1ccccc1.[Rf]. The molecule has 1 atom stereocenters. The summed E-state index contributed by atoms with van der Waals surface area (Å²) in [6.45, 7) is 2.41. The molecular formula is C12H20N2O2RfS. The molecule has 1 aromatic rings. The van der Waals surface area contributed by atoms with Gasteiger partial charge in [-0.2, -0.15) is 0 Å². The van der Waals surface area contributed by atoms with Gasteiger partial charge < -0.3 is 9.04 Å². The number of hydrogen-bond donors (Lipinski definition) is 1. The Morgan fingerprint density at radius 3 is 2.44 bits per heavy atom. The number of nitrogens with one attached hydrogen (secondary N) is 1. The Bertz CT molecular complexity index is 360. The fourth-order valence-corrected chi connectivity index (χ4v) is 2.13. The maximum atomic E-state index is 10.3. The van der Waals surface area contributed by atoms with Crippen molar-refractivity contribution in [3.63, 3.8) is 0 Å². The largest absolute Gasteiger partial charge is 0.760 e. The second kappa shape index (κ2) is 7.55. The Hall–Kier alpha value is -1.75. The first-order chi connectivity index (χ1) is 7.99. The number of rotatable bonds is 7. The van der Waals surface area contributed by atoms with Crippen LogP contribution < -0.4 is 4.72 Å². The van der Waals surface area contributed by atoms with E-state index >= 15 is 0 Å². The zero-order valence-corrected chi connectivity index (χ0v) is 18.3. The van der Waals surface area contributed by atoms with Crippen LogP contribution in [0.4, 0.5) is 0 Å². The van der Waals surface area contributed by atoms with Gasteiger partial charge in [-0.1, -0.05) is 30.3 Å². The zero-order valence-electron chi connectivity index (χ0n) is 11.1. The molecule has 1 aromatic carbocycles. The molecule has 0 aliphatic carbocycles. The van der Waals surface area contributed by atoms with Gasteiger partial charge in [0.15, 0.2) is 0 Å². The minimum Gasteiger partial charge on any atom is -0.760 e. The molecule has 1 unspecified atom stereocenters. The van der Waals surface area contributed by atoms with Gasteiger partial charge in [-0.05, 0) is 0 Å². The Morgan fingerprint density at radius 2 is 1.89 bits per heavy atom.